The van der Waals surface area contributed by atoms with Crippen LogP contribution in [-0.2, 0) is 12.8 Å². The highest BCUT2D eigenvalue weighted by atomic mass is 79.9. The van der Waals surface area contributed by atoms with Gasteiger partial charge in [0, 0.05) is 17.2 Å². The summed E-state index contributed by atoms with van der Waals surface area (Å²) in [6, 6.07) is 10.5. The van der Waals surface area contributed by atoms with Crippen molar-refractivity contribution < 1.29 is 4.79 Å². The number of aryl methyl sites for hydroxylation is 3. The molecule has 2 aromatic rings. The number of unbranched alkanes of at least 4 members (excludes halogenated alkanes) is 1. The lowest BCUT2D eigenvalue weighted by Crippen LogP contribution is -2.26. The Morgan fingerprint density at radius 1 is 1.26 bits per heavy atom. The van der Waals surface area contributed by atoms with Crippen LogP contribution in [0.5, 0.6) is 0 Å². The van der Waals surface area contributed by atoms with Gasteiger partial charge in [0.05, 0.1) is 0 Å². The van der Waals surface area contributed by atoms with Gasteiger partial charge >= 0.3 is 0 Å². The molecule has 0 saturated carbocycles. The molecule has 0 unspecified atom stereocenters. The summed E-state index contributed by atoms with van der Waals surface area (Å²) in [5.74, 6) is -0.0785. The number of amides is 1. The minimum absolute atomic E-state index is 0.0785. The van der Waals surface area contributed by atoms with E-state index in [1.54, 1.807) is 6.20 Å². The average Bonchev–Trinajstić information content (AvgIpc) is 2.53. The van der Waals surface area contributed by atoms with E-state index in [9.17, 15) is 4.79 Å². The second-order valence-electron chi connectivity index (χ2n) is 5.76. The fraction of sp³-hybridized carbons (Fsp3) is 0.368. The van der Waals surface area contributed by atoms with E-state index < -0.39 is 0 Å². The average molecular weight is 375 g/mol. The molecule has 1 N–H and O–H groups in total. The molecule has 1 heterocycles. The van der Waals surface area contributed by atoms with E-state index in [1.807, 2.05) is 6.07 Å². The SMILES string of the molecule is CCCCNC(=O)c1ncc(Br)cc1CCc1cccc(C)c1. The van der Waals surface area contributed by atoms with Crippen LogP contribution < -0.4 is 5.32 Å². The molecule has 0 fully saturated rings. The lowest BCUT2D eigenvalue weighted by Gasteiger charge is -2.10. The number of nitrogens with zero attached hydrogens (tertiary/aromatic N) is 1. The van der Waals surface area contributed by atoms with Crippen molar-refractivity contribution in [1.29, 1.82) is 0 Å². The first-order valence-corrected chi connectivity index (χ1v) is 8.87. The summed E-state index contributed by atoms with van der Waals surface area (Å²) < 4.78 is 0.904. The Morgan fingerprint density at radius 2 is 2.09 bits per heavy atom. The lowest BCUT2D eigenvalue weighted by atomic mass is 10.0. The predicted molar refractivity (Wildman–Crippen MR) is 97.8 cm³/mol. The number of hydrogen-bond acceptors (Lipinski definition) is 2. The van der Waals surface area contributed by atoms with E-state index in [0.29, 0.717) is 12.2 Å². The van der Waals surface area contributed by atoms with E-state index >= 15 is 0 Å². The molecule has 4 heteroatoms. The smallest absolute Gasteiger partial charge is 0.270 e. The fourth-order valence-corrected chi connectivity index (χ4v) is 2.86. The highest BCUT2D eigenvalue weighted by Gasteiger charge is 2.13. The zero-order valence-electron chi connectivity index (χ0n) is 13.7. The maximum atomic E-state index is 12.3. The molecule has 2 rings (SSSR count). The van der Waals surface area contributed by atoms with Gasteiger partial charge in [0.2, 0.25) is 0 Å². The Kier molecular flexibility index (Phi) is 6.78. The van der Waals surface area contributed by atoms with Crippen molar-refractivity contribution in [2.75, 3.05) is 6.54 Å². The Morgan fingerprint density at radius 3 is 2.83 bits per heavy atom. The summed E-state index contributed by atoms with van der Waals surface area (Å²) >= 11 is 3.45. The first kappa shape index (κ1) is 17.7. The Labute approximate surface area is 146 Å². The maximum Gasteiger partial charge on any atom is 0.270 e. The number of rotatable bonds is 7. The van der Waals surface area contributed by atoms with Crippen molar-refractivity contribution in [1.82, 2.24) is 10.3 Å². The molecule has 122 valence electrons. The van der Waals surface area contributed by atoms with Crippen molar-refractivity contribution in [2.45, 2.75) is 39.5 Å². The van der Waals surface area contributed by atoms with E-state index in [-0.39, 0.29) is 5.91 Å². The van der Waals surface area contributed by atoms with Gasteiger partial charge in [-0.2, -0.15) is 0 Å². The van der Waals surface area contributed by atoms with Gasteiger partial charge in [0.1, 0.15) is 5.69 Å². The first-order chi connectivity index (χ1) is 11.1. The van der Waals surface area contributed by atoms with Crippen LogP contribution in [0.25, 0.3) is 0 Å². The molecule has 0 atom stereocenters. The number of pyridine rings is 1. The monoisotopic (exact) mass is 374 g/mol. The highest BCUT2D eigenvalue weighted by molar-refractivity contribution is 9.10. The van der Waals surface area contributed by atoms with Gasteiger partial charge in [-0.25, -0.2) is 4.98 Å². The Balaban J connectivity index is 2.10. The number of halogens is 1. The zero-order chi connectivity index (χ0) is 16.7. The second kappa shape index (κ2) is 8.82. The number of carbonyl (C=O) groups is 1. The Hall–Kier alpha value is -1.68. The predicted octanol–water partition coefficient (Wildman–Crippen LogP) is 4.47. The lowest BCUT2D eigenvalue weighted by molar-refractivity contribution is 0.0947. The molecule has 0 aliphatic rings. The zero-order valence-corrected chi connectivity index (χ0v) is 15.3. The van der Waals surface area contributed by atoms with Crippen LogP contribution in [0.2, 0.25) is 0 Å². The third kappa shape index (κ3) is 5.47. The van der Waals surface area contributed by atoms with Gasteiger partial charge in [0.25, 0.3) is 5.91 Å². The van der Waals surface area contributed by atoms with Crippen LogP contribution in [0.15, 0.2) is 41.0 Å². The molecule has 1 aromatic heterocycles. The standard InChI is InChI=1S/C19H23BrN2O/c1-3-4-10-21-19(23)18-16(12-17(20)13-22-18)9-8-15-7-5-6-14(2)11-15/h5-7,11-13H,3-4,8-10H2,1-2H3,(H,21,23). The number of carbonyl (C=O) groups excluding carboxylic acids is 1. The Bertz CT molecular complexity index is 670. The largest absolute Gasteiger partial charge is 0.351 e. The van der Waals surface area contributed by atoms with Crippen LogP contribution in [0.4, 0.5) is 0 Å². The third-order valence-electron chi connectivity index (χ3n) is 3.73. The molecule has 1 amide bonds. The summed E-state index contributed by atoms with van der Waals surface area (Å²) in [6.07, 6.45) is 5.43. The molecule has 0 bridgehead atoms. The fourth-order valence-electron chi connectivity index (χ4n) is 2.49. The molecule has 0 aliphatic carbocycles. The molecular weight excluding hydrogens is 352 g/mol. The van der Waals surface area contributed by atoms with Crippen LogP contribution in [0.1, 0.15) is 46.9 Å². The van der Waals surface area contributed by atoms with Crippen molar-refractivity contribution in [3.05, 3.63) is 63.4 Å². The molecule has 3 nitrogen and oxygen atoms in total. The van der Waals surface area contributed by atoms with Crippen LogP contribution in [0, 0.1) is 6.92 Å². The molecule has 0 saturated heterocycles. The number of hydrogen-bond donors (Lipinski definition) is 1. The van der Waals surface area contributed by atoms with Crippen LogP contribution >= 0.6 is 15.9 Å². The summed E-state index contributed by atoms with van der Waals surface area (Å²) in [7, 11) is 0. The number of aromatic nitrogens is 1. The second-order valence-corrected chi connectivity index (χ2v) is 6.68. The van der Waals surface area contributed by atoms with Crippen molar-refractivity contribution in [2.24, 2.45) is 0 Å². The van der Waals surface area contributed by atoms with Gasteiger partial charge in [-0.15, -0.1) is 0 Å². The van der Waals surface area contributed by atoms with Crippen LogP contribution in [-0.4, -0.2) is 17.4 Å². The van der Waals surface area contributed by atoms with E-state index in [2.05, 4.69) is 64.3 Å². The van der Waals surface area contributed by atoms with E-state index in [4.69, 9.17) is 0 Å². The third-order valence-corrected chi connectivity index (χ3v) is 4.16. The van der Waals surface area contributed by atoms with E-state index in [1.165, 1.54) is 11.1 Å². The summed E-state index contributed by atoms with van der Waals surface area (Å²) in [5.41, 5.74) is 4.06. The van der Waals surface area contributed by atoms with Gasteiger partial charge in [-0.3, -0.25) is 4.79 Å². The molecular formula is C19H23BrN2O. The van der Waals surface area contributed by atoms with Crippen molar-refractivity contribution in [3.8, 4) is 0 Å². The van der Waals surface area contributed by atoms with Gasteiger partial charge in [-0.1, -0.05) is 43.2 Å². The summed E-state index contributed by atoms with van der Waals surface area (Å²) in [6.45, 7) is 4.90. The minimum atomic E-state index is -0.0785. The topological polar surface area (TPSA) is 42.0 Å². The minimum Gasteiger partial charge on any atom is -0.351 e. The summed E-state index contributed by atoms with van der Waals surface area (Å²) in [4.78, 5) is 16.7. The maximum absolute atomic E-state index is 12.3. The first-order valence-electron chi connectivity index (χ1n) is 8.08. The molecule has 0 spiro atoms. The number of nitrogens with one attached hydrogen (secondary N) is 1. The quantitative estimate of drug-likeness (QED) is 0.726. The van der Waals surface area contributed by atoms with Crippen molar-refractivity contribution >= 4 is 21.8 Å². The van der Waals surface area contributed by atoms with Gasteiger partial charge < -0.3 is 5.32 Å². The van der Waals surface area contributed by atoms with Gasteiger partial charge in [-0.05, 0) is 59.3 Å². The molecule has 23 heavy (non-hydrogen) atoms. The highest BCUT2D eigenvalue weighted by Crippen LogP contribution is 2.17. The molecule has 1 aromatic carbocycles. The number of benzene rings is 1. The van der Waals surface area contributed by atoms with Crippen molar-refractivity contribution in [3.63, 3.8) is 0 Å². The van der Waals surface area contributed by atoms with E-state index in [0.717, 1.165) is 35.7 Å². The van der Waals surface area contributed by atoms with Crippen LogP contribution in [0.3, 0.4) is 0 Å². The molecule has 0 radical (unpaired) electrons. The molecule has 0 aliphatic heterocycles. The normalized spacial score (nSPS) is 10.6. The summed E-state index contributed by atoms with van der Waals surface area (Å²) in [5, 5.41) is 2.95. The van der Waals surface area contributed by atoms with Gasteiger partial charge in [0.15, 0.2) is 0 Å².